The van der Waals surface area contributed by atoms with Gasteiger partial charge in [-0.25, -0.2) is 4.79 Å². The topological polar surface area (TPSA) is 336 Å². The van der Waals surface area contributed by atoms with E-state index in [2.05, 4.69) is 41.3 Å². The van der Waals surface area contributed by atoms with E-state index in [1.54, 1.807) is 21.0 Å². The Morgan fingerprint density at radius 3 is 2.20 bits per heavy atom. The zero-order valence-electron chi connectivity index (χ0n) is 55.0. The Morgan fingerprint density at radius 2 is 1.46 bits per heavy atom. The SMILES string of the molecule is C=C1C[C@@H]2CC[C@@]34C[C@H]5OC6C(O[C@H]7CC[C@H](CC(=O)C[C@@H]8[C@@H](OC)[C@@H](C[C@H](O)CNC(=O)[C@H](CCCNC(N)=O)NC(=O)[C@@H](NC(=O)CCC9COCC(C(=O)CCCN%10C(=O)C=CC%10=O)COC9)C(C)C)O[C@H]8C[C@H]8O[C@@H](CC[C@@H]1O2)C[C@@H](C)C8=C)O[C@@H]7[C@@H]6O3)[C@H]5O4. The first kappa shape index (κ1) is 70.2. The number of fused-ring (bicyclic) bond motifs is 6. The number of carbonyl (C=O) groups excluding carboxylic acids is 8. The number of hydrogen-bond donors (Lipinski definition) is 6. The minimum Gasteiger partial charge on any atom is -0.391 e. The predicted molar refractivity (Wildman–Crippen MR) is 334 cm³/mol. The molecule has 12 aliphatic rings. The number of primary amides is 1. The molecule has 0 saturated carbocycles. The molecule has 12 rings (SSSR count). The predicted octanol–water partition coefficient (Wildman–Crippen LogP) is 3.00. The third-order valence-electron chi connectivity index (χ3n) is 21.4. The van der Waals surface area contributed by atoms with Gasteiger partial charge in [-0.1, -0.05) is 33.9 Å². The molecular weight excluding hydrogens is 1220 g/mol. The average molecular weight is 1320 g/mol. The summed E-state index contributed by atoms with van der Waals surface area (Å²) < 4.78 is 72.8. The molecule has 0 aromatic heterocycles. The maximum Gasteiger partial charge on any atom is 0.312 e. The normalized spacial score (nSPS) is 38.3. The van der Waals surface area contributed by atoms with Crippen LogP contribution in [0.25, 0.3) is 0 Å². The molecule has 11 saturated heterocycles. The molecular formula is C68H100N6O20. The fraction of sp³-hybridized carbons (Fsp3) is 0.794. The quantitative estimate of drug-likeness (QED) is 0.0515. The van der Waals surface area contributed by atoms with Crippen molar-refractivity contribution in [1.29, 1.82) is 0 Å². The van der Waals surface area contributed by atoms with Gasteiger partial charge in [0.05, 0.1) is 99.5 Å². The lowest BCUT2D eigenvalue weighted by atomic mass is 9.81. The number of rotatable bonds is 22. The lowest BCUT2D eigenvalue weighted by Crippen LogP contribution is -2.61. The van der Waals surface area contributed by atoms with Crippen LogP contribution in [0.4, 0.5) is 4.79 Å². The Bertz CT molecular complexity index is 2790. The zero-order chi connectivity index (χ0) is 66.5. The van der Waals surface area contributed by atoms with Crippen LogP contribution < -0.4 is 27.0 Å². The van der Waals surface area contributed by atoms with Gasteiger partial charge in [0.2, 0.25) is 17.7 Å². The highest BCUT2D eigenvalue weighted by Crippen LogP contribution is 2.54. The number of nitrogens with one attached hydrogen (secondary N) is 4. The van der Waals surface area contributed by atoms with Gasteiger partial charge in [-0.3, -0.25) is 38.5 Å². The van der Waals surface area contributed by atoms with Gasteiger partial charge in [0.1, 0.15) is 54.2 Å². The molecule has 522 valence electrons. The van der Waals surface area contributed by atoms with Crippen molar-refractivity contribution < 1.29 is 95.6 Å². The standard InChI is InChI=1S/C68H100N6O20/c1-35(2)58(73-55(78)16-11-39-31-85-33-40(34-86-32-39)48(77)10-8-22-74-56(79)17-18-57(74)80)66(82)72-47(9-7-21-70-67(69)83)65(81)71-30-42(76)27-53-59(84-6)46-26-41(75)25-44-13-15-50-60(89-44)64-63-62(91-50)61-54(92-63)29-68(93-61,94-64)20-19-45-24-37(4)49(87-45)14-12-43-23-36(3)38(5)51(88-43)28-52(46)90-53/h17-18,35-36,39-40,42-47,49-54,58-64,76H,4-5,7-16,19-34H2,1-3,6H3,(H,71,81)(H,72,82)(H,73,78)(H3,69,70,83)/t36-,39?,40?,42+,43+,44-,45+,46+,47+,49+,50+,51-,52+,53-,54-,58+,59-,60+,61+,62?,63?,64+,68+/m1/s1. The zero-order valence-corrected chi connectivity index (χ0v) is 55.0. The maximum atomic E-state index is 14.6. The van der Waals surface area contributed by atoms with Gasteiger partial charge >= 0.3 is 6.03 Å². The third-order valence-corrected chi connectivity index (χ3v) is 21.4. The monoisotopic (exact) mass is 1320 g/mol. The van der Waals surface area contributed by atoms with Crippen molar-refractivity contribution in [3.63, 3.8) is 0 Å². The molecule has 1 spiro atoms. The van der Waals surface area contributed by atoms with Crippen LogP contribution in [0, 0.1) is 29.6 Å². The van der Waals surface area contributed by atoms with Crippen LogP contribution in [-0.2, 0) is 85.7 Å². The highest BCUT2D eigenvalue weighted by molar-refractivity contribution is 6.12. The number of aliphatic hydroxyl groups is 1. The second kappa shape index (κ2) is 31.2. The van der Waals surface area contributed by atoms with E-state index in [1.165, 1.54) is 12.2 Å². The molecule has 12 heterocycles. The number of amides is 7. The molecule has 94 heavy (non-hydrogen) atoms. The number of methoxy groups -OCH3 is 1. The number of nitrogens with two attached hydrogens (primary N) is 1. The van der Waals surface area contributed by atoms with Gasteiger partial charge in [0.15, 0.2) is 5.79 Å². The Hall–Kier alpha value is -5.10. The number of ketones is 2. The molecule has 21 atom stereocenters. The van der Waals surface area contributed by atoms with Crippen LogP contribution in [0.3, 0.4) is 0 Å². The van der Waals surface area contributed by atoms with E-state index in [0.29, 0.717) is 44.9 Å². The molecule has 2 unspecified atom stereocenters. The Balaban J connectivity index is 0.703. The largest absolute Gasteiger partial charge is 0.391 e. The summed E-state index contributed by atoms with van der Waals surface area (Å²) in [6.07, 6.45) is 4.20. The minimum atomic E-state index is -1.18. The number of carbonyl (C=O) groups is 8. The summed E-state index contributed by atoms with van der Waals surface area (Å²) in [4.78, 5) is 106. The van der Waals surface area contributed by atoms with Crippen LogP contribution in [0.5, 0.6) is 0 Å². The van der Waals surface area contributed by atoms with E-state index in [0.717, 1.165) is 48.2 Å². The first-order chi connectivity index (χ1) is 45.1. The molecule has 0 aromatic rings. The lowest BCUT2D eigenvalue weighted by molar-refractivity contribution is -0.292. The van der Waals surface area contributed by atoms with Gasteiger partial charge in [0.25, 0.3) is 11.8 Å². The summed E-state index contributed by atoms with van der Waals surface area (Å²) in [5.41, 5.74) is 7.34. The van der Waals surface area contributed by atoms with Crippen molar-refractivity contribution in [1.82, 2.24) is 26.2 Å². The average Bonchev–Trinajstić information content (AvgIpc) is 1.55. The first-order valence-electron chi connectivity index (χ1n) is 34.6. The molecule has 26 nitrogen and oxygen atoms in total. The van der Waals surface area contributed by atoms with E-state index in [-0.39, 0.29) is 163 Å². The van der Waals surface area contributed by atoms with Gasteiger partial charge < -0.3 is 84.2 Å². The molecule has 12 bridgehead atoms. The number of nitrogens with zero attached hydrogens (tertiary/aromatic N) is 1. The van der Waals surface area contributed by atoms with Crippen molar-refractivity contribution in [3.8, 4) is 0 Å². The van der Waals surface area contributed by atoms with Crippen LogP contribution in [0.1, 0.15) is 143 Å². The Kier molecular flexibility index (Phi) is 23.3. The highest BCUT2D eigenvalue weighted by Gasteiger charge is 2.69. The van der Waals surface area contributed by atoms with Crippen LogP contribution in [0.15, 0.2) is 36.5 Å². The molecule has 0 aromatic carbocycles. The van der Waals surface area contributed by atoms with Crippen molar-refractivity contribution in [2.75, 3.05) is 53.2 Å². The first-order valence-corrected chi connectivity index (χ1v) is 34.6. The van der Waals surface area contributed by atoms with Gasteiger partial charge in [-0.2, -0.15) is 0 Å². The summed E-state index contributed by atoms with van der Waals surface area (Å²) in [5, 5.41) is 22.8. The van der Waals surface area contributed by atoms with Crippen molar-refractivity contribution in [2.45, 2.75) is 258 Å². The lowest BCUT2D eigenvalue weighted by Gasteiger charge is -2.47. The van der Waals surface area contributed by atoms with Crippen molar-refractivity contribution in [3.05, 3.63) is 36.5 Å². The second-order valence-corrected chi connectivity index (χ2v) is 28.6. The van der Waals surface area contributed by atoms with E-state index in [1.807, 2.05) is 0 Å². The second-order valence-electron chi connectivity index (χ2n) is 28.6. The summed E-state index contributed by atoms with van der Waals surface area (Å²) in [5.74, 6) is -4.85. The molecule has 0 aliphatic carbocycles. The maximum absolute atomic E-state index is 14.6. The van der Waals surface area contributed by atoms with E-state index in [9.17, 15) is 43.5 Å². The fourth-order valence-corrected chi connectivity index (χ4v) is 16.2. The summed E-state index contributed by atoms with van der Waals surface area (Å²) in [6.45, 7) is 15.4. The number of urea groups is 1. The molecule has 0 radical (unpaired) electrons. The summed E-state index contributed by atoms with van der Waals surface area (Å²) in [7, 11) is 1.57. The molecule has 7 amide bonds. The van der Waals surface area contributed by atoms with Gasteiger partial charge in [0, 0.05) is 102 Å². The van der Waals surface area contributed by atoms with E-state index in [4.69, 9.17) is 57.8 Å². The number of aliphatic hydroxyl groups excluding tert-OH is 1. The summed E-state index contributed by atoms with van der Waals surface area (Å²) in [6, 6.07) is -2.96. The molecule has 7 N–H and O–H groups in total. The number of ether oxygens (including phenoxy) is 11. The number of Topliss-reactive ketones (excluding diaryl/α,β-unsaturated/α-hetero) is 2. The van der Waals surface area contributed by atoms with E-state index >= 15 is 0 Å². The minimum absolute atomic E-state index is 0.0124. The van der Waals surface area contributed by atoms with E-state index < -0.39 is 120 Å². The van der Waals surface area contributed by atoms with Crippen LogP contribution in [-0.4, -0.2) is 226 Å². The molecule has 11 fully saturated rings. The molecule has 26 heteroatoms. The van der Waals surface area contributed by atoms with Crippen LogP contribution >= 0.6 is 0 Å². The third kappa shape index (κ3) is 16.7. The van der Waals surface area contributed by atoms with Crippen LogP contribution in [0.2, 0.25) is 0 Å². The smallest absolute Gasteiger partial charge is 0.312 e. The fourth-order valence-electron chi connectivity index (χ4n) is 16.2. The summed E-state index contributed by atoms with van der Waals surface area (Å²) >= 11 is 0. The van der Waals surface area contributed by atoms with Gasteiger partial charge in [-0.15, -0.1) is 0 Å². The Morgan fingerprint density at radius 1 is 0.745 bits per heavy atom. The number of hydrogen-bond acceptors (Lipinski definition) is 20. The van der Waals surface area contributed by atoms with Crippen molar-refractivity contribution >= 4 is 47.1 Å². The Labute approximate surface area is 550 Å². The van der Waals surface area contributed by atoms with Gasteiger partial charge in [-0.05, 0) is 93.6 Å². The number of imide groups is 1. The highest BCUT2D eigenvalue weighted by atomic mass is 16.8. The molecule has 12 aliphatic heterocycles. The van der Waals surface area contributed by atoms with Crippen molar-refractivity contribution in [2.24, 2.45) is 35.3 Å².